The number of halogens is 2. The number of rotatable bonds is 8. The van der Waals surface area contributed by atoms with Crippen molar-refractivity contribution in [3.63, 3.8) is 0 Å². The van der Waals surface area contributed by atoms with Crippen LogP contribution in [0.5, 0.6) is 11.5 Å². The van der Waals surface area contributed by atoms with Gasteiger partial charge in [0.25, 0.3) is 0 Å². The summed E-state index contributed by atoms with van der Waals surface area (Å²) in [7, 11) is 4.25. The van der Waals surface area contributed by atoms with Crippen molar-refractivity contribution >= 4 is 29.0 Å². The Hall–Kier alpha value is -4.55. The first kappa shape index (κ1) is 27.5. The highest BCUT2D eigenvalue weighted by molar-refractivity contribution is 6.10. The summed E-state index contributed by atoms with van der Waals surface area (Å²) in [5.74, 6) is -2.97. The number of anilines is 2. The second kappa shape index (κ2) is 11.1. The molecule has 1 aliphatic rings. The summed E-state index contributed by atoms with van der Waals surface area (Å²) in [5, 5.41) is 8.43. The molecule has 206 valence electrons. The third kappa shape index (κ3) is 5.24. The molecule has 0 saturated heterocycles. The Labute approximate surface area is 224 Å². The van der Waals surface area contributed by atoms with Crippen molar-refractivity contribution in [3.05, 3.63) is 47.4 Å². The van der Waals surface area contributed by atoms with E-state index in [0.717, 1.165) is 22.2 Å². The highest BCUT2D eigenvalue weighted by Crippen LogP contribution is 2.41. The third-order valence-electron chi connectivity index (χ3n) is 6.23. The van der Waals surface area contributed by atoms with Gasteiger partial charge in [0.1, 0.15) is 5.69 Å². The molecule has 0 fully saturated rings. The fourth-order valence-corrected chi connectivity index (χ4v) is 4.27. The lowest BCUT2D eigenvalue weighted by Crippen LogP contribution is -2.50. The second-order valence-corrected chi connectivity index (χ2v) is 8.95. The first-order valence-electron chi connectivity index (χ1n) is 12.1. The van der Waals surface area contributed by atoms with E-state index >= 15 is 8.78 Å². The van der Waals surface area contributed by atoms with Gasteiger partial charge in [0.2, 0.25) is 5.91 Å². The van der Waals surface area contributed by atoms with E-state index in [1.807, 2.05) is 13.1 Å². The van der Waals surface area contributed by atoms with Gasteiger partial charge in [-0.2, -0.15) is 10.2 Å². The van der Waals surface area contributed by atoms with Crippen LogP contribution in [0, 0.1) is 18.6 Å². The normalized spacial score (nSPS) is 13.4. The van der Waals surface area contributed by atoms with E-state index in [4.69, 9.17) is 9.47 Å². The van der Waals surface area contributed by atoms with Crippen LogP contribution in [0.3, 0.4) is 0 Å². The molecule has 0 radical (unpaired) electrons. The number of benzene rings is 1. The van der Waals surface area contributed by atoms with Crippen LogP contribution in [0.4, 0.5) is 25.0 Å². The summed E-state index contributed by atoms with van der Waals surface area (Å²) in [4.78, 5) is 32.4. The summed E-state index contributed by atoms with van der Waals surface area (Å²) in [6.45, 7) is 4.91. The summed E-state index contributed by atoms with van der Waals surface area (Å²) >= 11 is 0. The average Bonchev–Trinajstić information content (AvgIpc) is 3.26. The number of pyridine rings is 1. The first-order valence-corrected chi connectivity index (χ1v) is 12.1. The summed E-state index contributed by atoms with van der Waals surface area (Å²) < 4.78 is 42.6. The Balaban J connectivity index is 1.85. The van der Waals surface area contributed by atoms with Crippen LogP contribution in [-0.2, 0) is 18.4 Å². The van der Waals surface area contributed by atoms with Crippen molar-refractivity contribution in [2.24, 2.45) is 12.1 Å². The van der Waals surface area contributed by atoms with Crippen LogP contribution in [0.1, 0.15) is 31.5 Å². The molecular formula is C26H29F2N7O4. The van der Waals surface area contributed by atoms with Crippen LogP contribution in [0.2, 0.25) is 0 Å². The number of methoxy groups -OCH3 is 2. The molecule has 0 spiro atoms. The van der Waals surface area contributed by atoms with Gasteiger partial charge in [-0.1, -0.05) is 6.92 Å². The third-order valence-corrected chi connectivity index (χ3v) is 6.23. The van der Waals surface area contributed by atoms with Gasteiger partial charge in [0, 0.05) is 43.1 Å². The fourth-order valence-electron chi connectivity index (χ4n) is 4.27. The zero-order valence-electron chi connectivity index (χ0n) is 22.5. The Morgan fingerprint density at radius 1 is 1.18 bits per heavy atom. The smallest absolute Gasteiger partial charge is 0.329 e. The van der Waals surface area contributed by atoms with Crippen molar-refractivity contribution in [1.29, 1.82) is 0 Å². The monoisotopic (exact) mass is 541 g/mol. The predicted molar refractivity (Wildman–Crippen MR) is 141 cm³/mol. The quantitative estimate of drug-likeness (QED) is 0.341. The molecule has 0 atom stereocenters. The SMILES string of the molecule is CCC(=O)N/N=C(\C)CN1C(=O)N(c2c(F)c(OC)cc(OC)c2F)Cc2cnc(-c3cn(C)nc3C)cc21. The number of nitrogens with zero attached hydrogens (tertiary/aromatic N) is 6. The van der Waals surface area contributed by atoms with Gasteiger partial charge in [0.15, 0.2) is 23.1 Å². The van der Waals surface area contributed by atoms with Crippen molar-refractivity contribution in [3.8, 4) is 22.8 Å². The highest BCUT2D eigenvalue weighted by Gasteiger charge is 2.37. The molecule has 0 bridgehead atoms. The lowest BCUT2D eigenvalue weighted by atomic mass is 10.1. The molecule has 0 saturated carbocycles. The van der Waals surface area contributed by atoms with E-state index in [9.17, 15) is 9.59 Å². The van der Waals surface area contributed by atoms with Crippen molar-refractivity contribution in [2.45, 2.75) is 33.7 Å². The van der Waals surface area contributed by atoms with E-state index in [0.29, 0.717) is 22.7 Å². The average molecular weight is 542 g/mol. The van der Waals surface area contributed by atoms with Gasteiger partial charge in [-0.05, 0) is 19.9 Å². The Kier molecular flexibility index (Phi) is 7.79. The van der Waals surface area contributed by atoms with Crippen LogP contribution < -0.4 is 24.7 Å². The minimum absolute atomic E-state index is 0.0772. The minimum Gasteiger partial charge on any atom is -0.493 e. The van der Waals surface area contributed by atoms with E-state index in [1.165, 1.54) is 19.1 Å². The van der Waals surface area contributed by atoms with E-state index in [2.05, 4.69) is 20.6 Å². The number of aromatic nitrogens is 3. The maximum atomic E-state index is 15.4. The number of fused-ring (bicyclic) bond motifs is 1. The largest absolute Gasteiger partial charge is 0.493 e. The molecular weight excluding hydrogens is 512 g/mol. The molecule has 1 aliphatic heterocycles. The van der Waals surface area contributed by atoms with Gasteiger partial charge in [0.05, 0.1) is 50.1 Å². The minimum atomic E-state index is -1.05. The predicted octanol–water partition coefficient (Wildman–Crippen LogP) is 3.93. The lowest BCUT2D eigenvalue weighted by Gasteiger charge is -2.37. The van der Waals surface area contributed by atoms with Gasteiger partial charge in [-0.25, -0.2) is 19.0 Å². The van der Waals surface area contributed by atoms with Gasteiger partial charge >= 0.3 is 6.03 Å². The molecule has 4 rings (SSSR count). The highest BCUT2D eigenvalue weighted by atomic mass is 19.1. The Morgan fingerprint density at radius 3 is 2.41 bits per heavy atom. The topological polar surface area (TPSA) is 114 Å². The fraction of sp³-hybridized carbons (Fsp3) is 0.346. The molecule has 1 N–H and O–H groups in total. The van der Waals surface area contributed by atoms with E-state index in [-0.39, 0.29) is 36.9 Å². The molecule has 3 heterocycles. The van der Waals surface area contributed by atoms with Crippen LogP contribution in [-0.4, -0.2) is 53.2 Å². The number of ether oxygens (including phenoxy) is 2. The molecule has 39 heavy (non-hydrogen) atoms. The summed E-state index contributed by atoms with van der Waals surface area (Å²) in [6.07, 6.45) is 3.60. The van der Waals surface area contributed by atoms with Gasteiger partial charge in [-0.15, -0.1) is 0 Å². The maximum Gasteiger partial charge on any atom is 0.329 e. The number of carbonyl (C=O) groups excluding carboxylic acids is 2. The number of hydrogen-bond donors (Lipinski definition) is 1. The van der Waals surface area contributed by atoms with Crippen molar-refractivity contribution in [1.82, 2.24) is 20.2 Å². The standard InChI is InChI=1S/C26H29F2N7O4/c1-7-22(36)31-30-14(2)11-34-19-8-18(17-13-33(4)32-15(17)3)29-10-16(19)12-35(26(34)37)25-23(27)20(38-5)9-21(39-6)24(25)28/h8-10,13H,7,11-12H2,1-6H3,(H,31,36)/b30-14+. The number of aryl methyl sites for hydroxylation is 2. The molecule has 2 aromatic heterocycles. The number of carbonyl (C=O) groups is 2. The van der Waals surface area contributed by atoms with E-state index in [1.54, 1.807) is 37.8 Å². The molecule has 0 aliphatic carbocycles. The lowest BCUT2D eigenvalue weighted by molar-refractivity contribution is -0.120. The van der Waals surface area contributed by atoms with Crippen molar-refractivity contribution < 1.29 is 27.8 Å². The summed E-state index contributed by atoms with van der Waals surface area (Å²) in [5.41, 5.74) is 5.29. The molecule has 3 aromatic rings. The number of hydrogen-bond acceptors (Lipinski definition) is 7. The van der Waals surface area contributed by atoms with Crippen molar-refractivity contribution in [2.75, 3.05) is 30.6 Å². The first-order chi connectivity index (χ1) is 18.6. The molecule has 0 unspecified atom stereocenters. The number of urea groups is 1. The second-order valence-electron chi connectivity index (χ2n) is 8.95. The van der Waals surface area contributed by atoms with Crippen LogP contribution in [0.25, 0.3) is 11.3 Å². The number of nitrogens with one attached hydrogen (secondary N) is 1. The van der Waals surface area contributed by atoms with Gasteiger partial charge in [-0.3, -0.25) is 24.3 Å². The zero-order chi connectivity index (χ0) is 28.4. The molecule has 11 nitrogen and oxygen atoms in total. The molecule has 3 amide bonds. The number of hydrazone groups is 1. The van der Waals surface area contributed by atoms with E-state index < -0.39 is 23.4 Å². The zero-order valence-corrected chi connectivity index (χ0v) is 22.5. The maximum absolute atomic E-state index is 15.4. The van der Waals surface area contributed by atoms with Gasteiger partial charge < -0.3 is 9.47 Å². The molecule has 13 heteroatoms. The summed E-state index contributed by atoms with van der Waals surface area (Å²) in [6, 6.07) is 2.09. The molecule has 1 aromatic carbocycles. The Bertz CT molecular complexity index is 1440. The van der Waals surface area contributed by atoms with Crippen LogP contribution in [0.15, 0.2) is 29.6 Å². The van der Waals surface area contributed by atoms with Crippen LogP contribution >= 0.6 is 0 Å². The Morgan fingerprint density at radius 2 is 1.85 bits per heavy atom. The number of amides is 3.